The number of hydrogen-bond donors (Lipinski definition) is 2. The van der Waals surface area contributed by atoms with Crippen LogP contribution in [0.25, 0.3) is 0 Å². The molecule has 14 heteroatoms. The molecule has 3 aromatic rings. The minimum Gasteiger partial charge on any atom is -0.382 e. The standard InChI is InChI=1S/C18H13Cl2F3N6O2S/c1-7(2-10(30)14-13(20)15(24)28-6-27-14)17-26-5-11(32-17)16(31)29-12-3-8(18(21,22)23)9(19)4-25-12/h3-7H,2H2,1H3,(H2,24,27,28)(H,25,29,31)/t7-/m1/s1. The van der Waals surface area contributed by atoms with E-state index in [-0.39, 0.29) is 39.4 Å². The molecule has 0 spiro atoms. The number of aromatic nitrogens is 4. The minimum absolute atomic E-state index is 0.0154. The van der Waals surface area contributed by atoms with Crippen LogP contribution in [0.15, 0.2) is 24.8 Å². The minimum atomic E-state index is -4.70. The van der Waals surface area contributed by atoms with E-state index in [0.29, 0.717) is 11.1 Å². The smallest absolute Gasteiger partial charge is 0.382 e. The van der Waals surface area contributed by atoms with Gasteiger partial charge in [0.05, 0.1) is 21.8 Å². The van der Waals surface area contributed by atoms with Gasteiger partial charge in [-0.2, -0.15) is 13.2 Å². The van der Waals surface area contributed by atoms with Crippen molar-refractivity contribution < 1.29 is 22.8 Å². The van der Waals surface area contributed by atoms with E-state index in [1.54, 1.807) is 6.92 Å². The molecule has 1 atom stereocenters. The molecule has 0 radical (unpaired) electrons. The maximum atomic E-state index is 13.0. The molecule has 0 aliphatic rings. The lowest BCUT2D eigenvalue weighted by molar-refractivity contribution is -0.137. The molecule has 0 aromatic carbocycles. The molecule has 0 unspecified atom stereocenters. The summed E-state index contributed by atoms with van der Waals surface area (Å²) in [5.74, 6) is -1.83. The summed E-state index contributed by atoms with van der Waals surface area (Å²) < 4.78 is 38.9. The van der Waals surface area contributed by atoms with Crippen LogP contribution in [0.4, 0.5) is 24.8 Å². The van der Waals surface area contributed by atoms with Gasteiger partial charge < -0.3 is 11.1 Å². The first kappa shape index (κ1) is 23.8. The highest BCUT2D eigenvalue weighted by Gasteiger charge is 2.34. The van der Waals surface area contributed by atoms with Crippen LogP contribution < -0.4 is 11.1 Å². The molecule has 8 nitrogen and oxygen atoms in total. The Balaban J connectivity index is 1.70. The number of carbonyl (C=O) groups excluding carboxylic acids is 2. The molecule has 0 saturated heterocycles. The Morgan fingerprint density at radius 3 is 2.59 bits per heavy atom. The molecule has 168 valence electrons. The van der Waals surface area contributed by atoms with E-state index in [4.69, 9.17) is 28.9 Å². The Hall–Kier alpha value is -2.83. The SMILES string of the molecule is C[C@H](CC(=O)c1ncnc(N)c1Cl)c1ncc(C(=O)Nc2cc(C(F)(F)F)c(Cl)cn2)s1. The van der Waals surface area contributed by atoms with Crippen molar-refractivity contribution in [3.05, 3.63) is 56.0 Å². The molecular weight excluding hydrogens is 492 g/mol. The number of nitrogens with one attached hydrogen (secondary N) is 1. The second kappa shape index (κ2) is 9.35. The van der Waals surface area contributed by atoms with E-state index in [1.165, 1.54) is 6.20 Å². The molecule has 0 aliphatic carbocycles. The Kier molecular flexibility index (Phi) is 6.96. The van der Waals surface area contributed by atoms with Crippen molar-refractivity contribution in [2.75, 3.05) is 11.1 Å². The largest absolute Gasteiger partial charge is 0.418 e. The zero-order valence-corrected chi connectivity index (χ0v) is 18.4. The predicted molar refractivity (Wildman–Crippen MR) is 113 cm³/mol. The molecule has 3 heterocycles. The van der Waals surface area contributed by atoms with E-state index < -0.39 is 28.6 Å². The second-order valence-corrected chi connectivity index (χ2v) is 8.36. The summed E-state index contributed by atoms with van der Waals surface area (Å²) in [5.41, 5.74) is 4.44. The highest BCUT2D eigenvalue weighted by atomic mass is 35.5. The van der Waals surface area contributed by atoms with Crippen LogP contribution in [0, 0.1) is 0 Å². The first-order valence-corrected chi connectivity index (χ1v) is 10.3. The lowest BCUT2D eigenvalue weighted by Crippen LogP contribution is -2.13. The maximum absolute atomic E-state index is 13.0. The van der Waals surface area contributed by atoms with E-state index in [9.17, 15) is 22.8 Å². The van der Waals surface area contributed by atoms with Crippen molar-refractivity contribution >= 4 is 57.9 Å². The summed E-state index contributed by atoms with van der Waals surface area (Å²) in [5, 5.41) is 2.11. The van der Waals surface area contributed by atoms with Crippen molar-refractivity contribution in [3.63, 3.8) is 0 Å². The van der Waals surface area contributed by atoms with E-state index in [1.807, 2.05) is 0 Å². The summed E-state index contributed by atoms with van der Waals surface area (Å²) in [6.07, 6.45) is -1.53. The molecule has 0 fully saturated rings. The number of Topliss-reactive ketones (excluding diaryl/α,β-unsaturated/α-hetero) is 1. The quantitative estimate of drug-likeness (QED) is 0.459. The monoisotopic (exact) mass is 504 g/mol. The first-order chi connectivity index (χ1) is 15.0. The number of nitrogen functional groups attached to an aromatic ring is 1. The summed E-state index contributed by atoms with van der Waals surface area (Å²) in [7, 11) is 0. The fourth-order valence-electron chi connectivity index (χ4n) is 2.56. The third kappa shape index (κ3) is 5.31. The number of amides is 1. The lowest BCUT2D eigenvalue weighted by Gasteiger charge is -2.10. The van der Waals surface area contributed by atoms with Gasteiger partial charge in [-0.3, -0.25) is 9.59 Å². The van der Waals surface area contributed by atoms with Crippen LogP contribution in [0.1, 0.15) is 50.0 Å². The number of anilines is 2. The highest BCUT2D eigenvalue weighted by molar-refractivity contribution is 7.13. The van der Waals surface area contributed by atoms with Crippen molar-refractivity contribution in [1.29, 1.82) is 0 Å². The van der Waals surface area contributed by atoms with Crippen molar-refractivity contribution in [2.24, 2.45) is 0 Å². The maximum Gasteiger partial charge on any atom is 0.418 e. The van der Waals surface area contributed by atoms with Gasteiger partial charge in [-0.25, -0.2) is 19.9 Å². The van der Waals surface area contributed by atoms with Crippen LogP contribution >= 0.6 is 34.5 Å². The zero-order chi connectivity index (χ0) is 23.6. The fraction of sp³-hybridized carbons (Fsp3) is 0.222. The van der Waals surface area contributed by atoms with Gasteiger partial charge in [0.2, 0.25) is 0 Å². The number of ketones is 1. The molecular formula is C18H13Cl2F3N6O2S. The van der Waals surface area contributed by atoms with Gasteiger partial charge in [-0.1, -0.05) is 30.1 Å². The fourth-order valence-corrected chi connectivity index (χ4v) is 3.84. The molecule has 0 aliphatic heterocycles. The number of hydrogen-bond acceptors (Lipinski definition) is 8. The van der Waals surface area contributed by atoms with E-state index in [2.05, 4.69) is 25.3 Å². The van der Waals surface area contributed by atoms with Crippen LogP contribution in [-0.4, -0.2) is 31.6 Å². The summed E-state index contributed by atoms with van der Waals surface area (Å²) in [6.45, 7) is 1.72. The summed E-state index contributed by atoms with van der Waals surface area (Å²) in [6, 6.07) is 0.640. The van der Waals surface area contributed by atoms with Gasteiger partial charge in [-0.05, 0) is 6.07 Å². The third-order valence-electron chi connectivity index (χ3n) is 4.14. The number of carbonyl (C=O) groups is 2. The highest BCUT2D eigenvalue weighted by Crippen LogP contribution is 2.35. The predicted octanol–water partition coefficient (Wildman–Crippen LogP) is 4.86. The number of halogens is 5. The van der Waals surface area contributed by atoms with Crippen LogP contribution in [0.3, 0.4) is 0 Å². The molecule has 3 aromatic heterocycles. The van der Waals surface area contributed by atoms with Gasteiger partial charge in [0, 0.05) is 18.5 Å². The van der Waals surface area contributed by atoms with Crippen LogP contribution in [0.2, 0.25) is 10.0 Å². The zero-order valence-electron chi connectivity index (χ0n) is 16.1. The number of alkyl halides is 3. The molecule has 3 N–H and O–H groups in total. The van der Waals surface area contributed by atoms with Gasteiger partial charge in [-0.15, -0.1) is 11.3 Å². The molecule has 32 heavy (non-hydrogen) atoms. The number of thiazole rings is 1. The van der Waals surface area contributed by atoms with Crippen molar-refractivity contribution in [3.8, 4) is 0 Å². The van der Waals surface area contributed by atoms with Crippen LogP contribution in [-0.2, 0) is 6.18 Å². The van der Waals surface area contributed by atoms with Gasteiger partial charge in [0.15, 0.2) is 5.78 Å². The number of pyridine rings is 1. The number of rotatable bonds is 6. The number of nitrogens with two attached hydrogens (primary N) is 1. The van der Waals surface area contributed by atoms with E-state index >= 15 is 0 Å². The van der Waals surface area contributed by atoms with Crippen molar-refractivity contribution in [1.82, 2.24) is 19.9 Å². The molecule has 3 rings (SSSR count). The summed E-state index contributed by atoms with van der Waals surface area (Å²) in [4.78, 5) is 40.4. The molecule has 0 saturated carbocycles. The Morgan fingerprint density at radius 1 is 1.19 bits per heavy atom. The lowest BCUT2D eigenvalue weighted by atomic mass is 10.0. The normalized spacial score (nSPS) is 12.4. The van der Waals surface area contributed by atoms with Gasteiger partial charge >= 0.3 is 6.18 Å². The van der Waals surface area contributed by atoms with Gasteiger partial charge in [0.1, 0.15) is 33.6 Å². The number of nitrogens with zero attached hydrogens (tertiary/aromatic N) is 4. The topological polar surface area (TPSA) is 124 Å². The molecule has 1 amide bonds. The second-order valence-electron chi connectivity index (χ2n) is 6.51. The average molecular weight is 505 g/mol. The third-order valence-corrected chi connectivity index (χ3v) is 6.04. The van der Waals surface area contributed by atoms with Crippen LogP contribution in [0.5, 0.6) is 0 Å². The first-order valence-electron chi connectivity index (χ1n) is 8.76. The van der Waals surface area contributed by atoms with Gasteiger partial charge in [0.25, 0.3) is 5.91 Å². The van der Waals surface area contributed by atoms with E-state index in [0.717, 1.165) is 23.9 Å². The summed E-state index contributed by atoms with van der Waals surface area (Å²) >= 11 is 12.5. The van der Waals surface area contributed by atoms with Crippen molar-refractivity contribution in [2.45, 2.75) is 25.4 Å². The Labute approximate surface area is 193 Å². The molecule has 0 bridgehead atoms. The average Bonchev–Trinajstić information content (AvgIpc) is 3.21. The Morgan fingerprint density at radius 2 is 1.91 bits per heavy atom. The Bertz CT molecular complexity index is 1190.